The second kappa shape index (κ2) is 16.0. The highest BCUT2D eigenvalue weighted by Crippen LogP contribution is 2.38. The molecular formula is C37H39F2N5O4S. The predicted molar refractivity (Wildman–Crippen MR) is 184 cm³/mol. The Hall–Kier alpha value is -4.97. The molecule has 256 valence electrons. The van der Waals surface area contributed by atoms with Crippen LogP contribution in [0.2, 0.25) is 0 Å². The van der Waals surface area contributed by atoms with Gasteiger partial charge in [0.2, 0.25) is 0 Å². The average molecular weight is 688 g/mol. The van der Waals surface area contributed by atoms with E-state index in [0.29, 0.717) is 29.8 Å². The number of hydrogen-bond donors (Lipinski definition) is 0. The van der Waals surface area contributed by atoms with Gasteiger partial charge in [-0.05, 0) is 50.1 Å². The van der Waals surface area contributed by atoms with Crippen LogP contribution in [0.4, 0.5) is 19.4 Å². The first kappa shape index (κ1) is 35.3. The summed E-state index contributed by atoms with van der Waals surface area (Å²) in [6.07, 6.45) is 4.46. The van der Waals surface area contributed by atoms with E-state index in [0.717, 1.165) is 34.0 Å². The van der Waals surface area contributed by atoms with E-state index in [2.05, 4.69) is 10.1 Å². The maximum Gasteiger partial charge on any atom is 0.415 e. The van der Waals surface area contributed by atoms with Crippen molar-refractivity contribution in [3.8, 4) is 11.3 Å². The Bertz CT molecular complexity index is 1890. The molecule has 1 amide bonds. The van der Waals surface area contributed by atoms with Crippen molar-refractivity contribution in [3.05, 3.63) is 117 Å². The Morgan fingerprint density at radius 1 is 1.08 bits per heavy atom. The lowest BCUT2D eigenvalue weighted by Gasteiger charge is -2.24. The Balaban J connectivity index is 1.31. The van der Waals surface area contributed by atoms with Gasteiger partial charge in [0.15, 0.2) is 0 Å². The molecule has 0 aliphatic rings. The SMILES string of the molecule is CCCC(=O)OCc1cccnc1N(C)C(=O)OC(C)c1cnn(CC(c2cc(F)ccc2F)[C@@H](C)c2nc(-c3ccc(C)cc3)cs2)c1. The molecule has 0 radical (unpaired) electrons. The van der Waals surface area contributed by atoms with Gasteiger partial charge in [0, 0.05) is 66.3 Å². The van der Waals surface area contributed by atoms with E-state index in [9.17, 15) is 14.0 Å². The maximum absolute atomic E-state index is 15.2. The topological polar surface area (TPSA) is 99.4 Å². The summed E-state index contributed by atoms with van der Waals surface area (Å²) in [6.45, 7) is 7.77. The second-order valence-corrected chi connectivity index (χ2v) is 12.9. The number of aryl methyl sites for hydroxylation is 1. The van der Waals surface area contributed by atoms with Gasteiger partial charge in [-0.3, -0.25) is 14.4 Å². The van der Waals surface area contributed by atoms with Gasteiger partial charge in [0.25, 0.3) is 0 Å². The zero-order valence-electron chi connectivity index (χ0n) is 28.1. The predicted octanol–water partition coefficient (Wildman–Crippen LogP) is 8.75. The first-order valence-electron chi connectivity index (χ1n) is 16.1. The molecule has 9 nitrogen and oxygen atoms in total. The molecule has 5 aromatic rings. The van der Waals surface area contributed by atoms with E-state index in [-0.39, 0.29) is 30.6 Å². The lowest BCUT2D eigenvalue weighted by molar-refractivity contribution is -0.144. The van der Waals surface area contributed by atoms with Gasteiger partial charge in [-0.1, -0.05) is 49.7 Å². The van der Waals surface area contributed by atoms with Crippen molar-refractivity contribution in [2.75, 3.05) is 11.9 Å². The van der Waals surface area contributed by atoms with Crippen molar-refractivity contribution in [2.45, 2.75) is 71.6 Å². The van der Waals surface area contributed by atoms with Crippen LogP contribution in [0.25, 0.3) is 11.3 Å². The Labute approximate surface area is 288 Å². The van der Waals surface area contributed by atoms with Crippen LogP contribution in [0.15, 0.2) is 78.6 Å². The average Bonchev–Trinajstić information content (AvgIpc) is 3.78. The van der Waals surface area contributed by atoms with E-state index in [1.54, 1.807) is 36.1 Å². The molecule has 0 N–H and O–H groups in total. The molecule has 5 rings (SSSR count). The molecule has 2 aromatic carbocycles. The van der Waals surface area contributed by atoms with Crippen molar-refractivity contribution in [3.63, 3.8) is 0 Å². The smallest absolute Gasteiger partial charge is 0.415 e. The van der Waals surface area contributed by atoms with E-state index in [1.165, 1.54) is 35.5 Å². The number of thiazole rings is 1. The number of carbonyl (C=O) groups is 2. The van der Waals surface area contributed by atoms with Crippen LogP contribution in [-0.2, 0) is 27.4 Å². The van der Waals surface area contributed by atoms with Gasteiger partial charge in [-0.15, -0.1) is 11.3 Å². The van der Waals surface area contributed by atoms with E-state index < -0.39 is 29.7 Å². The second-order valence-electron chi connectivity index (χ2n) is 12.0. The molecule has 3 heterocycles. The molecule has 0 aliphatic carbocycles. The zero-order valence-corrected chi connectivity index (χ0v) is 28.9. The highest BCUT2D eigenvalue weighted by molar-refractivity contribution is 7.10. The van der Waals surface area contributed by atoms with Crippen LogP contribution in [0.1, 0.15) is 78.8 Å². The normalized spacial score (nSPS) is 13.0. The van der Waals surface area contributed by atoms with Gasteiger partial charge in [-0.2, -0.15) is 5.10 Å². The number of pyridine rings is 1. The Kier molecular flexibility index (Phi) is 11.5. The summed E-state index contributed by atoms with van der Waals surface area (Å²) in [7, 11) is 1.53. The summed E-state index contributed by atoms with van der Waals surface area (Å²) in [5.74, 6) is -1.87. The molecule has 0 aliphatic heterocycles. The number of anilines is 1. The minimum absolute atomic E-state index is 0.0261. The number of ether oxygens (including phenoxy) is 2. The van der Waals surface area contributed by atoms with Crippen LogP contribution in [0, 0.1) is 18.6 Å². The molecular weight excluding hydrogens is 649 g/mol. The van der Waals surface area contributed by atoms with Crippen molar-refractivity contribution in [1.82, 2.24) is 19.7 Å². The number of benzene rings is 2. The quantitative estimate of drug-likeness (QED) is 0.114. The molecule has 0 saturated carbocycles. The molecule has 0 fully saturated rings. The van der Waals surface area contributed by atoms with Crippen LogP contribution in [0.3, 0.4) is 0 Å². The third-order valence-electron chi connectivity index (χ3n) is 8.31. The summed E-state index contributed by atoms with van der Waals surface area (Å²) >= 11 is 1.48. The largest absolute Gasteiger partial charge is 0.461 e. The molecule has 3 atom stereocenters. The summed E-state index contributed by atoms with van der Waals surface area (Å²) in [4.78, 5) is 35.5. The summed E-state index contributed by atoms with van der Waals surface area (Å²) in [5, 5.41) is 7.25. The number of esters is 1. The molecule has 3 aromatic heterocycles. The fourth-order valence-electron chi connectivity index (χ4n) is 5.41. The molecule has 2 unspecified atom stereocenters. The lowest BCUT2D eigenvalue weighted by atomic mass is 9.87. The minimum atomic E-state index is -0.698. The summed E-state index contributed by atoms with van der Waals surface area (Å²) in [6, 6.07) is 15.0. The van der Waals surface area contributed by atoms with Gasteiger partial charge in [0.1, 0.15) is 30.2 Å². The van der Waals surface area contributed by atoms with Crippen molar-refractivity contribution < 1.29 is 27.8 Å². The molecule has 0 bridgehead atoms. The van der Waals surface area contributed by atoms with Crippen LogP contribution >= 0.6 is 11.3 Å². The molecule has 49 heavy (non-hydrogen) atoms. The monoisotopic (exact) mass is 687 g/mol. The van der Waals surface area contributed by atoms with Crippen LogP contribution in [0.5, 0.6) is 0 Å². The number of rotatable bonds is 13. The number of amides is 1. The first-order valence-corrected chi connectivity index (χ1v) is 17.0. The maximum atomic E-state index is 15.2. The minimum Gasteiger partial charge on any atom is -0.461 e. The third-order valence-corrected chi connectivity index (χ3v) is 9.35. The molecule has 0 spiro atoms. The van der Waals surface area contributed by atoms with Crippen molar-refractivity contribution in [2.24, 2.45) is 0 Å². The summed E-state index contributed by atoms with van der Waals surface area (Å²) < 4.78 is 42.4. The highest BCUT2D eigenvalue weighted by Gasteiger charge is 2.28. The van der Waals surface area contributed by atoms with Gasteiger partial charge < -0.3 is 9.47 Å². The van der Waals surface area contributed by atoms with Crippen LogP contribution < -0.4 is 4.90 Å². The fourth-order valence-corrected chi connectivity index (χ4v) is 6.36. The number of nitrogens with zero attached hydrogens (tertiary/aromatic N) is 5. The highest BCUT2D eigenvalue weighted by atomic mass is 32.1. The van der Waals surface area contributed by atoms with Crippen molar-refractivity contribution in [1.29, 1.82) is 0 Å². The number of halogens is 2. The Morgan fingerprint density at radius 2 is 1.86 bits per heavy atom. The molecule has 0 saturated heterocycles. The van der Waals surface area contributed by atoms with E-state index in [1.807, 2.05) is 50.4 Å². The number of hydrogen-bond acceptors (Lipinski definition) is 8. The summed E-state index contributed by atoms with van der Waals surface area (Å²) in [5.41, 5.74) is 4.34. The van der Waals surface area contributed by atoms with Gasteiger partial charge >= 0.3 is 12.1 Å². The number of carbonyl (C=O) groups excluding carboxylic acids is 2. The van der Waals surface area contributed by atoms with Gasteiger partial charge in [0.05, 0.1) is 16.9 Å². The standard InChI is InChI=1S/C37H39F2N5O4S/c1-6-8-34(45)47-21-27-9-7-16-40-35(27)43(5)37(46)48-25(4)28-18-41-44(19-28)20-31(30-17-29(38)14-15-32(30)39)24(3)36-42-33(22-49-36)26-12-10-23(2)11-13-26/h7,9-19,22,24-25,31H,6,8,20-21H2,1-5H3/t24-,25?,31?/m1/s1. The first-order chi connectivity index (χ1) is 23.5. The van der Waals surface area contributed by atoms with Crippen LogP contribution in [-0.4, -0.2) is 38.9 Å². The van der Waals surface area contributed by atoms with E-state index in [4.69, 9.17) is 14.5 Å². The molecule has 12 heteroatoms. The van der Waals surface area contributed by atoms with E-state index >= 15 is 4.39 Å². The number of aromatic nitrogens is 4. The fraction of sp³-hybridized carbons (Fsp3) is 0.324. The van der Waals surface area contributed by atoms with Crippen molar-refractivity contribution >= 4 is 29.2 Å². The third kappa shape index (κ3) is 8.74. The zero-order chi connectivity index (χ0) is 35.1. The lowest BCUT2D eigenvalue weighted by Crippen LogP contribution is -2.29. The van der Waals surface area contributed by atoms with Gasteiger partial charge in [-0.25, -0.2) is 23.5 Å². The Morgan fingerprint density at radius 3 is 2.61 bits per heavy atom.